The van der Waals surface area contributed by atoms with Gasteiger partial charge >= 0.3 is 0 Å². The maximum atomic E-state index is 14.2. The van der Waals surface area contributed by atoms with Gasteiger partial charge in [0.2, 0.25) is 0 Å². The molecule has 0 radical (unpaired) electrons. The minimum absolute atomic E-state index is 0.0104. The maximum absolute atomic E-state index is 14.2. The summed E-state index contributed by atoms with van der Waals surface area (Å²) in [4.78, 5) is 1.96. The van der Waals surface area contributed by atoms with Gasteiger partial charge in [-0.3, -0.25) is 0 Å². The van der Waals surface area contributed by atoms with Crippen LogP contribution >= 0.6 is 0 Å². The van der Waals surface area contributed by atoms with Crippen molar-refractivity contribution in [2.45, 2.75) is 18.7 Å². The number of fused-ring (bicyclic) bond motifs is 1. The molecular formula is C18H20FN3O2S. The van der Waals surface area contributed by atoms with Crippen molar-refractivity contribution >= 4 is 27.2 Å². The first-order valence-corrected chi connectivity index (χ1v) is 9.44. The summed E-state index contributed by atoms with van der Waals surface area (Å²) in [5.74, 6) is -0.142. The van der Waals surface area contributed by atoms with Gasteiger partial charge in [0.05, 0.1) is 16.9 Å². The van der Waals surface area contributed by atoms with Crippen molar-refractivity contribution in [2.24, 2.45) is 10.3 Å². The van der Waals surface area contributed by atoms with Crippen molar-refractivity contribution in [2.75, 3.05) is 23.8 Å². The molecule has 1 heterocycles. The number of amidine groups is 1. The van der Waals surface area contributed by atoms with Crippen LogP contribution in [0, 0.1) is 11.7 Å². The lowest BCUT2D eigenvalue weighted by Gasteiger charge is -2.24. The molecule has 0 fully saturated rings. The Hall–Kier alpha value is -2.41. The van der Waals surface area contributed by atoms with Crippen LogP contribution in [0.15, 0.2) is 51.8 Å². The largest absolute Gasteiger partial charge is 0.373 e. The average Bonchev–Trinajstić information content (AvgIpc) is 2.79. The molecule has 0 saturated carbocycles. The number of nitrogens with zero attached hydrogens (tertiary/aromatic N) is 2. The van der Waals surface area contributed by atoms with Crippen LogP contribution in [0.5, 0.6) is 0 Å². The zero-order chi connectivity index (χ0) is 18.2. The molecule has 7 heteroatoms. The van der Waals surface area contributed by atoms with Gasteiger partial charge in [-0.2, -0.15) is 8.42 Å². The second kappa shape index (κ2) is 6.48. The van der Waals surface area contributed by atoms with E-state index in [9.17, 15) is 12.8 Å². The van der Waals surface area contributed by atoms with Crippen LogP contribution in [-0.4, -0.2) is 27.8 Å². The molecule has 3 rings (SSSR count). The van der Waals surface area contributed by atoms with Crippen molar-refractivity contribution in [3.63, 3.8) is 0 Å². The van der Waals surface area contributed by atoms with Gasteiger partial charge in [0, 0.05) is 13.6 Å². The Labute approximate surface area is 147 Å². The van der Waals surface area contributed by atoms with Crippen LogP contribution in [-0.2, 0) is 10.0 Å². The zero-order valence-electron chi connectivity index (χ0n) is 14.3. The summed E-state index contributed by atoms with van der Waals surface area (Å²) in [5, 5.41) is 3.01. The number of para-hydroxylation sites is 2. The van der Waals surface area contributed by atoms with E-state index in [2.05, 4.69) is 28.5 Å². The Morgan fingerprint density at radius 2 is 1.88 bits per heavy atom. The molecule has 132 valence electrons. The number of anilines is 2. The molecule has 2 aromatic rings. The van der Waals surface area contributed by atoms with Crippen LogP contribution in [0.1, 0.15) is 19.4 Å². The van der Waals surface area contributed by atoms with Crippen molar-refractivity contribution in [3.8, 4) is 0 Å². The Balaban J connectivity index is 2.01. The molecule has 25 heavy (non-hydrogen) atoms. The van der Waals surface area contributed by atoms with Crippen LogP contribution in [0.3, 0.4) is 0 Å². The van der Waals surface area contributed by atoms with E-state index in [1.807, 2.05) is 31.3 Å². The Bertz CT molecular complexity index is 939. The van der Waals surface area contributed by atoms with Crippen molar-refractivity contribution in [1.29, 1.82) is 0 Å². The summed E-state index contributed by atoms with van der Waals surface area (Å²) >= 11 is 0. The van der Waals surface area contributed by atoms with Crippen molar-refractivity contribution in [1.82, 2.24) is 0 Å². The third kappa shape index (κ3) is 3.37. The number of hydrogen-bond donors (Lipinski definition) is 1. The third-order valence-corrected chi connectivity index (χ3v) is 5.23. The lowest BCUT2D eigenvalue weighted by atomic mass is 10.1. The monoisotopic (exact) mass is 361 g/mol. The fourth-order valence-corrected chi connectivity index (χ4v) is 4.11. The topological polar surface area (TPSA) is 61.8 Å². The normalized spacial score (nSPS) is 15.0. The van der Waals surface area contributed by atoms with Crippen LogP contribution in [0.2, 0.25) is 0 Å². The molecule has 0 atom stereocenters. The molecule has 0 saturated heterocycles. The van der Waals surface area contributed by atoms with E-state index in [0.717, 1.165) is 12.2 Å². The van der Waals surface area contributed by atoms with Gasteiger partial charge in [-0.25, -0.2) is 4.39 Å². The number of rotatable bonds is 4. The minimum atomic E-state index is -3.88. The van der Waals surface area contributed by atoms with Gasteiger partial charge in [0.15, 0.2) is 5.84 Å². The number of nitrogens with one attached hydrogen (secondary N) is 1. The molecule has 2 aromatic carbocycles. The van der Waals surface area contributed by atoms with E-state index in [1.165, 1.54) is 18.2 Å². The fraction of sp³-hybridized carbons (Fsp3) is 0.278. The summed E-state index contributed by atoms with van der Waals surface area (Å²) in [7, 11) is -1.92. The summed E-state index contributed by atoms with van der Waals surface area (Å²) in [6.07, 6.45) is 0. The van der Waals surface area contributed by atoms with E-state index in [0.29, 0.717) is 11.6 Å². The van der Waals surface area contributed by atoms with Gasteiger partial charge in [-0.1, -0.05) is 32.0 Å². The highest BCUT2D eigenvalue weighted by Gasteiger charge is 2.32. The molecule has 0 bridgehead atoms. The zero-order valence-corrected chi connectivity index (χ0v) is 15.1. The highest BCUT2D eigenvalue weighted by Crippen LogP contribution is 2.31. The number of benzene rings is 2. The van der Waals surface area contributed by atoms with Crippen LogP contribution in [0.25, 0.3) is 0 Å². The van der Waals surface area contributed by atoms with Gasteiger partial charge in [0.25, 0.3) is 10.0 Å². The lowest BCUT2D eigenvalue weighted by molar-refractivity contribution is 0.595. The van der Waals surface area contributed by atoms with E-state index in [1.54, 1.807) is 0 Å². The molecule has 0 aliphatic carbocycles. The molecule has 0 amide bonds. The predicted molar refractivity (Wildman–Crippen MR) is 98.3 cm³/mol. The maximum Gasteiger partial charge on any atom is 0.285 e. The Morgan fingerprint density at radius 3 is 2.60 bits per heavy atom. The highest BCUT2D eigenvalue weighted by atomic mass is 32.2. The Kier molecular flexibility index (Phi) is 4.51. The molecule has 1 aliphatic heterocycles. The first kappa shape index (κ1) is 17.4. The van der Waals surface area contributed by atoms with Gasteiger partial charge in [-0.05, 0) is 30.2 Å². The summed E-state index contributed by atoms with van der Waals surface area (Å²) < 4.78 is 42.3. The second-order valence-corrected chi connectivity index (χ2v) is 8.02. The smallest absolute Gasteiger partial charge is 0.285 e. The molecule has 1 aliphatic rings. The number of sulfonamides is 1. The van der Waals surface area contributed by atoms with Crippen LogP contribution < -0.4 is 10.2 Å². The number of halogens is 1. The number of hydrogen-bond acceptors (Lipinski definition) is 4. The van der Waals surface area contributed by atoms with Crippen LogP contribution in [0.4, 0.5) is 15.8 Å². The second-order valence-electron chi connectivity index (χ2n) is 6.44. The van der Waals surface area contributed by atoms with E-state index < -0.39 is 15.8 Å². The van der Waals surface area contributed by atoms with Crippen molar-refractivity contribution < 1.29 is 12.8 Å². The fourth-order valence-electron chi connectivity index (χ4n) is 2.94. The molecular weight excluding hydrogens is 341 g/mol. The quantitative estimate of drug-likeness (QED) is 0.906. The first-order valence-electron chi connectivity index (χ1n) is 8.00. The third-order valence-electron chi connectivity index (χ3n) is 3.91. The van der Waals surface area contributed by atoms with Gasteiger partial charge in [0.1, 0.15) is 10.7 Å². The molecule has 0 unspecified atom stereocenters. The lowest BCUT2D eigenvalue weighted by Crippen LogP contribution is -2.24. The molecule has 0 aromatic heterocycles. The predicted octanol–water partition coefficient (Wildman–Crippen LogP) is 3.48. The Morgan fingerprint density at radius 1 is 1.16 bits per heavy atom. The average molecular weight is 361 g/mol. The first-order chi connectivity index (χ1) is 11.8. The minimum Gasteiger partial charge on any atom is -0.373 e. The summed E-state index contributed by atoms with van der Waals surface area (Å²) in [5.41, 5.74) is 1.56. The molecule has 1 N–H and O–H groups in total. The van der Waals surface area contributed by atoms with E-state index >= 15 is 0 Å². The SMILES string of the molecule is CC(C)CN(C)c1ccccc1NC1=NS(=O)(=O)c2cccc(F)c21. The summed E-state index contributed by atoms with van der Waals surface area (Å²) in [6.45, 7) is 5.06. The van der Waals surface area contributed by atoms with E-state index in [4.69, 9.17) is 0 Å². The molecule has 5 nitrogen and oxygen atoms in total. The van der Waals surface area contributed by atoms with Crippen molar-refractivity contribution in [3.05, 3.63) is 53.8 Å². The standard InChI is InChI=1S/C18H20FN3O2S/c1-12(2)11-22(3)15-9-5-4-8-14(15)20-18-17-13(19)7-6-10-16(17)25(23,24)21-18/h4-10,12H,11H2,1-3H3,(H,20,21). The van der Waals surface area contributed by atoms with Gasteiger partial charge in [-0.15, -0.1) is 4.40 Å². The van der Waals surface area contributed by atoms with Gasteiger partial charge < -0.3 is 10.2 Å². The van der Waals surface area contributed by atoms with E-state index in [-0.39, 0.29) is 16.3 Å². The summed E-state index contributed by atoms with van der Waals surface area (Å²) in [6, 6.07) is 11.4. The highest BCUT2D eigenvalue weighted by molar-refractivity contribution is 7.90. The molecule has 0 spiro atoms.